The first-order valence-electron chi connectivity index (χ1n) is 6.25. The first-order valence-corrected chi connectivity index (χ1v) is 6.62. The van der Waals surface area contributed by atoms with Crippen LogP contribution in [0.2, 0.25) is 5.02 Å². The monoisotopic (exact) mass is 307 g/mol. The molecule has 0 spiro atoms. The molecular formula is C15H15ClFN3O. The highest BCUT2D eigenvalue weighted by atomic mass is 35.5. The van der Waals surface area contributed by atoms with Gasteiger partial charge in [-0.25, -0.2) is 4.39 Å². The van der Waals surface area contributed by atoms with Gasteiger partial charge in [0.15, 0.2) is 5.84 Å². The molecule has 0 saturated heterocycles. The molecule has 4 nitrogen and oxygen atoms in total. The van der Waals surface area contributed by atoms with E-state index < -0.39 is 0 Å². The Hall–Kier alpha value is -2.27. The highest BCUT2D eigenvalue weighted by molar-refractivity contribution is 6.31. The number of benzene rings is 2. The Morgan fingerprint density at radius 1 is 1.29 bits per heavy atom. The van der Waals surface area contributed by atoms with E-state index in [9.17, 15) is 4.39 Å². The highest BCUT2D eigenvalue weighted by Gasteiger charge is 2.10. The minimum atomic E-state index is -0.331. The van der Waals surface area contributed by atoms with Crippen molar-refractivity contribution in [2.45, 2.75) is 6.54 Å². The van der Waals surface area contributed by atoms with Gasteiger partial charge < -0.3 is 15.8 Å². The highest BCUT2D eigenvalue weighted by Crippen LogP contribution is 2.23. The third-order valence-corrected chi connectivity index (χ3v) is 3.52. The molecule has 0 unspecified atom stereocenters. The average molecular weight is 308 g/mol. The maximum Gasteiger partial charge on any atom is 0.170 e. The van der Waals surface area contributed by atoms with E-state index in [-0.39, 0.29) is 11.7 Å². The first kappa shape index (κ1) is 15.1. The van der Waals surface area contributed by atoms with E-state index in [1.807, 2.05) is 24.1 Å². The van der Waals surface area contributed by atoms with Gasteiger partial charge in [0.2, 0.25) is 0 Å². The second-order valence-electron chi connectivity index (χ2n) is 4.59. The molecule has 0 heterocycles. The maximum absolute atomic E-state index is 13.8. The lowest BCUT2D eigenvalue weighted by molar-refractivity contribution is 0.318. The largest absolute Gasteiger partial charge is 0.409 e. The standard InChI is InChI=1S/C15H15ClFN3O/c1-20(9-12-13(16)3-2-4-14(12)17)11-7-5-10(6-8-11)15(18)19-21/h2-8,21H,9H2,1H3,(H2,18,19). The summed E-state index contributed by atoms with van der Waals surface area (Å²) < 4.78 is 13.8. The summed E-state index contributed by atoms with van der Waals surface area (Å²) in [5.41, 5.74) is 7.42. The quantitative estimate of drug-likeness (QED) is 0.394. The summed E-state index contributed by atoms with van der Waals surface area (Å²) in [6.45, 7) is 0.342. The fourth-order valence-electron chi connectivity index (χ4n) is 1.96. The number of amidine groups is 1. The van der Waals surface area contributed by atoms with Crippen molar-refractivity contribution in [1.82, 2.24) is 0 Å². The van der Waals surface area contributed by atoms with E-state index in [2.05, 4.69) is 5.16 Å². The van der Waals surface area contributed by atoms with E-state index in [1.54, 1.807) is 24.3 Å². The molecule has 0 aliphatic heterocycles. The van der Waals surface area contributed by atoms with Crippen molar-refractivity contribution < 1.29 is 9.60 Å². The predicted molar refractivity (Wildman–Crippen MR) is 82.5 cm³/mol. The maximum atomic E-state index is 13.8. The number of hydrogen-bond donors (Lipinski definition) is 2. The van der Waals surface area contributed by atoms with Crippen LogP contribution < -0.4 is 10.6 Å². The van der Waals surface area contributed by atoms with E-state index in [0.29, 0.717) is 22.7 Å². The third kappa shape index (κ3) is 3.44. The smallest absolute Gasteiger partial charge is 0.170 e. The average Bonchev–Trinajstić information content (AvgIpc) is 2.50. The molecule has 0 aliphatic rings. The normalized spacial score (nSPS) is 11.5. The van der Waals surface area contributed by atoms with Gasteiger partial charge in [-0.1, -0.05) is 22.8 Å². The molecule has 0 radical (unpaired) electrons. The lowest BCUT2D eigenvalue weighted by Crippen LogP contribution is -2.18. The number of halogens is 2. The van der Waals surface area contributed by atoms with Crippen molar-refractivity contribution in [2.75, 3.05) is 11.9 Å². The molecule has 0 aromatic heterocycles. The zero-order chi connectivity index (χ0) is 15.4. The SMILES string of the molecule is CN(Cc1c(F)cccc1Cl)c1ccc(C(N)=NO)cc1. The summed E-state index contributed by atoms with van der Waals surface area (Å²) in [5, 5.41) is 12.0. The van der Waals surface area contributed by atoms with Gasteiger partial charge in [-0.3, -0.25) is 0 Å². The zero-order valence-corrected chi connectivity index (χ0v) is 12.2. The Labute approximate surface area is 127 Å². The van der Waals surface area contributed by atoms with Gasteiger partial charge in [0.05, 0.1) is 0 Å². The van der Waals surface area contributed by atoms with Gasteiger partial charge >= 0.3 is 0 Å². The Morgan fingerprint density at radius 3 is 2.52 bits per heavy atom. The number of nitrogens with two attached hydrogens (primary N) is 1. The van der Waals surface area contributed by atoms with Crippen LogP contribution in [0.5, 0.6) is 0 Å². The van der Waals surface area contributed by atoms with Gasteiger partial charge in [-0.2, -0.15) is 0 Å². The molecule has 0 aliphatic carbocycles. The number of anilines is 1. The molecule has 0 atom stereocenters. The number of rotatable bonds is 4. The minimum Gasteiger partial charge on any atom is -0.409 e. The molecule has 6 heteroatoms. The fraction of sp³-hybridized carbons (Fsp3) is 0.133. The lowest BCUT2D eigenvalue weighted by atomic mass is 10.1. The van der Waals surface area contributed by atoms with Crippen molar-refractivity contribution in [3.05, 3.63) is 64.4 Å². The van der Waals surface area contributed by atoms with Crippen molar-refractivity contribution >= 4 is 23.1 Å². The van der Waals surface area contributed by atoms with Crippen molar-refractivity contribution in [3.63, 3.8) is 0 Å². The molecular weight excluding hydrogens is 293 g/mol. The Morgan fingerprint density at radius 2 is 1.95 bits per heavy atom. The molecule has 2 rings (SSSR count). The predicted octanol–water partition coefficient (Wildman–Crippen LogP) is 3.21. The van der Waals surface area contributed by atoms with Crippen molar-refractivity contribution in [1.29, 1.82) is 0 Å². The molecule has 0 fully saturated rings. The van der Waals surface area contributed by atoms with Crippen LogP contribution >= 0.6 is 11.6 Å². The summed E-state index contributed by atoms with van der Waals surface area (Å²) >= 11 is 6.02. The Kier molecular flexibility index (Phi) is 4.65. The number of hydrogen-bond acceptors (Lipinski definition) is 3. The molecule has 2 aromatic carbocycles. The number of oxime groups is 1. The topological polar surface area (TPSA) is 61.8 Å². The van der Waals surface area contributed by atoms with E-state index >= 15 is 0 Å². The molecule has 110 valence electrons. The summed E-state index contributed by atoms with van der Waals surface area (Å²) in [5.74, 6) is -0.288. The summed E-state index contributed by atoms with van der Waals surface area (Å²) in [4.78, 5) is 1.86. The van der Waals surface area contributed by atoms with Crippen LogP contribution in [0, 0.1) is 5.82 Å². The first-order chi connectivity index (χ1) is 10.0. The minimum absolute atomic E-state index is 0.0429. The van der Waals surface area contributed by atoms with Crippen LogP contribution in [-0.4, -0.2) is 18.1 Å². The van der Waals surface area contributed by atoms with Crippen LogP contribution in [0.25, 0.3) is 0 Å². The third-order valence-electron chi connectivity index (χ3n) is 3.17. The van der Waals surface area contributed by atoms with E-state index in [4.69, 9.17) is 22.5 Å². The molecule has 0 bridgehead atoms. The Balaban J connectivity index is 2.19. The van der Waals surface area contributed by atoms with Gasteiger partial charge in [-0.15, -0.1) is 0 Å². The molecule has 2 aromatic rings. The lowest BCUT2D eigenvalue weighted by Gasteiger charge is -2.20. The molecule has 3 N–H and O–H groups in total. The second kappa shape index (κ2) is 6.45. The van der Waals surface area contributed by atoms with Crippen LogP contribution in [0.3, 0.4) is 0 Å². The fourth-order valence-corrected chi connectivity index (χ4v) is 2.18. The van der Waals surface area contributed by atoms with Crippen molar-refractivity contribution in [2.24, 2.45) is 10.9 Å². The molecule has 0 saturated carbocycles. The van der Waals surface area contributed by atoms with Crippen LogP contribution in [0.15, 0.2) is 47.6 Å². The van der Waals surface area contributed by atoms with Gasteiger partial charge in [0.25, 0.3) is 0 Å². The Bertz CT molecular complexity index is 638. The van der Waals surface area contributed by atoms with Crippen LogP contribution in [-0.2, 0) is 6.54 Å². The van der Waals surface area contributed by atoms with E-state index in [1.165, 1.54) is 6.07 Å². The van der Waals surface area contributed by atoms with E-state index in [0.717, 1.165) is 5.69 Å². The van der Waals surface area contributed by atoms with Gasteiger partial charge in [0, 0.05) is 35.4 Å². The molecule has 21 heavy (non-hydrogen) atoms. The van der Waals surface area contributed by atoms with Gasteiger partial charge in [-0.05, 0) is 36.4 Å². The number of nitrogens with zero attached hydrogens (tertiary/aromatic N) is 2. The second-order valence-corrected chi connectivity index (χ2v) is 5.00. The summed E-state index contributed by atoms with van der Waals surface area (Å²) in [7, 11) is 1.83. The summed E-state index contributed by atoms with van der Waals surface area (Å²) in [6.07, 6.45) is 0. The van der Waals surface area contributed by atoms with Crippen molar-refractivity contribution in [3.8, 4) is 0 Å². The van der Waals surface area contributed by atoms with Crippen LogP contribution in [0.4, 0.5) is 10.1 Å². The van der Waals surface area contributed by atoms with Crippen LogP contribution in [0.1, 0.15) is 11.1 Å². The zero-order valence-electron chi connectivity index (χ0n) is 11.4. The summed E-state index contributed by atoms with van der Waals surface area (Å²) in [6, 6.07) is 11.7. The molecule has 0 amide bonds. The van der Waals surface area contributed by atoms with Gasteiger partial charge in [0.1, 0.15) is 5.82 Å².